The van der Waals surface area contributed by atoms with E-state index in [0.717, 1.165) is 38.2 Å². The van der Waals surface area contributed by atoms with Gasteiger partial charge in [0.05, 0.1) is 11.5 Å². The van der Waals surface area contributed by atoms with Gasteiger partial charge in [-0.05, 0) is 45.6 Å². The average molecular weight is 318 g/mol. The summed E-state index contributed by atoms with van der Waals surface area (Å²) in [6.07, 6.45) is 7.19. The zero-order valence-corrected chi connectivity index (χ0v) is 14.0. The van der Waals surface area contributed by atoms with Crippen LogP contribution in [-0.4, -0.2) is 47.2 Å². The van der Waals surface area contributed by atoms with Crippen molar-refractivity contribution >= 4 is 11.9 Å². The van der Waals surface area contributed by atoms with Gasteiger partial charge in [-0.3, -0.25) is 4.79 Å². The molecule has 2 aliphatic rings. The van der Waals surface area contributed by atoms with Crippen molar-refractivity contribution in [3.63, 3.8) is 0 Å². The molecule has 0 spiro atoms. The van der Waals surface area contributed by atoms with Gasteiger partial charge in [0.2, 0.25) is 11.9 Å². The largest absolute Gasteiger partial charge is 0.375 e. The number of carbonyl (C=O) groups excluding carboxylic acids is 1. The first-order chi connectivity index (χ1) is 11.0. The fourth-order valence-corrected chi connectivity index (χ4v) is 3.50. The molecule has 0 bridgehead atoms. The molecular weight excluding hydrogens is 292 g/mol. The van der Waals surface area contributed by atoms with Crippen LogP contribution in [0.4, 0.5) is 5.95 Å². The average Bonchev–Trinajstić information content (AvgIpc) is 2.55. The molecule has 1 amide bonds. The molecule has 2 aliphatic heterocycles. The lowest BCUT2D eigenvalue weighted by Crippen LogP contribution is -2.50. The Morgan fingerprint density at radius 1 is 1.35 bits per heavy atom. The van der Waals surface area contributed by atoms with Crippen molar-refractivity contribution in [1.82, 2.24) is 15.3 Å². The molecule has 2 fully saturated rings. The minimum absolute atomic E-state index is 0.0125. The molecule has 0 aliphatic carbocycles. The fraction of sp³-hybridized carbons (Fsp3) is 0.706. The molecule has 23 heavy (non-hydrogen) atoms. The maximum absolute atomic E-state index is 12.6. The molecule has 2 saturated heterocycles. The molecule has 1 N–H and O–H groups in total. The maximum Gasteiger partial charge on any atom is 0.225 e. The highest BCUT2D eigenvalue weighted by molar-refractivity contribution is 5.79. The second-order valence-electron chi connectivity index (χ2n) is 7.14. The van der Waals surface area contributed by atoms with Crippen LogP contribution < -0.4 is 10.2 Å². The van der Waals surface area contributed by atoms with Crippen LogP contribution in [0, 0.1) is 5.92 Å². The Balaban J connectivity index is 1.57. The normalized spacial score (nSPS) is 27.5. The highest BCUT2D eigenvalue weighted by Gasteiger charge is 2.32. The summed E-state index contributed by atoms with van der Waals surface area (Å²) in [5, 5.41) is 3.23. The number of carbonyl (C=O) groups is 1. The number of hydrogen-bond acceptors (Lipinski definition) is 5. The predicted octanol–water partition coefficient (Wildman–Crippen LogP) is 1.77. The van der Waals surface area contributed by atoms with Crippen molar-refractivity contribution < 1.29 is 9.53 Å². The third kappa shape index (κ3) is 4.19. The molecule has 6 nitrogen and oxygen atoms in total. The van der Waals surface area contributed by atoms with Crippen molar-refractivity contribution in [2.45, 2.75) is 51.2 Å². The molecule has 126 valence electrons. The lowest BCUT2D eigenvalue weighted by Gasteiger charge is -2.37. The third-order valence-electron chi connectivity index (χ3n) is 4.67. The summed E-state index contributed by atoms with van der Waals surface area (Å²) in [6, 6.07) is 2.03. The van der Waals surface area contributed by atoms with Gasteiger partial charge < -0.3 is 15.0 Å². The van der Waals surface area contributed by atoms with Gasteiger partial charge in [0.1, 0.15) is 0 Å². The summed E-state index contributed by atoms with van der Waals surface area (Å²) in [5.41, 5.74) is -0.146. The molecule has 0 aromatic carbocycles. The molecule has 3 heterocycles. The van der Waals surface area contributed by atoms with Gasteiger partial charge in [0.25, 0.3) is 0 Å². The highest BCUT2D eigenvalue weighted by Crippen LogP contribution is 2.25. The molecule has 1 aromatic heterocycles. The van der Waals surface area contributed by atoms with Crippen molar-refractivity contribution in [2.75, 3.05) is 24.6 Å². The van der Waals surface area contributed by atoms with E-state index in [4.69, 9.17) is 4.74 Å². The van der Waals surface area contributed by atoms with E-state index in [-0.39, 0.29) is 23.5 Å². The van der Waals surface area contributed by atoms with Gasteiger partial charge in [-0.15, -0.1) is 0 Å². The van der Waals surface area contributed by atoms with Crippen molar-refractivity contribution in [2.24, 2.45) is 5.92 Å². The number of nitrogens with zero attached hydrogens (tertiary/aromatic N) is 3. The van der Waals surface area contributed by atoms with Crippen LogP contribution in [0.25, 0.3) is 0 Å². The second kappa shape index (κ2) is 6.83. The molecule has 3 rings (SSSR count). The van der Waals surface area contributed by atoms with E-state index in [1.165, 1.54) is 0 Å². The van der Waals surface area contributed by atoms with E-state index in [1.807, 2.05) is 6.07 Å². The first-order valence-corrected chi connectivity index (χ1v) is 8.50. The van der Waals surface area contributed by atoms with Crippen LogP contribution in [0.15, 0.2) is 18.5 Å². The Hall–Kier alpha value is -1.69. The standard InChI is InChI=1S/C17H26N4O2/c1-17(2)11-14(6-10-23-17)20-15(22)13-5-3-9-21(12-13)16-18-7-4-8-19-16/h4,7-8,13-14H,3,5-6,9-12H2,1-2H3,(H,20,22)/t13-,14+/m0/s1. The van der Waals surface area contributed by atoms with Gasteiger partial charge >= 0.3 is 0 Å². The molecule has 2 atom stereocenters. The third-order valence-corrected chi connectivity index (χ3v) is 4.67. The number of anilines is 1. The Morgan fingerprint density at radius 3 is 2.87 bits per heavy atom. The maximum atomic E-state index is 12.6. The summed E-state index contributed by atoms with van der Waals surface area (Å²) in [6.45, 7) is 6.49. The Morgan fingerprint density at radius 2 is 2.13 bits per heavy atom. The molecule has 1 aromatic rings. The summed E-state index contributed by atoms with van der Waals surface area (Å²) in [5.74, 6) is 0.893. The van der Waals surface area contributed by atoms with Crippen molar-refractivity contribution in [3.8, 4) is 0 Å². The fourth-order valence-electron chi connectivity index (χ4n) is 3.50. The van der Waals surface area contributed by atoms with Crippen LogP contribution >= 0.6 is 0 Å². The van der Waals surface area contributed by atoms with Gasteiger partial charge in [-0.25, -0.2) is 9.97 Å². The molecule has 0 radical (unpaired) electrons. The highest BCUT2D eigenvalue weighted by atomic mass is 16.5. The monoisotopic (exact) mass is 318 g/mol. The Bertz CT molecular complexity index is 535. The second-order valence-corrected chi connectivity index (χ2v) is 7.14. The van der Waals surface area contributed by atoms with Crippen molar-refractivity contribution in [3.05, 3.63) is 18.5 Å². The summed E-state index contributed by atoms with van der Waals surface area (Å²) in [4.78, 5) is 23.3. The molecule has 6 heteroatoms. The SMILES string of the molecule is CC1(C)C[C@H](NC(=O)[C@H]2CCCN(c3ncccn3)C2)CCO1. The van der Waals surface area contributed by atoms with E-state index in [1.54, 1.807) is 12.4 Å². The van der Waals surface area contributed by atoms with Gasteiger partial charge in [0.15, 0.2) is 0 Å². The summed E-state index contributed by atoms with van der Waals surface area (Å²) >= 11 is 0. The molecule has 0 unspecified atom stereocenters. The lowest BCUT2D eigenvalue weighted by atomic mass is 9.92. The number of rotatable bonds is 3. The molecule has 0 saturated carbocycles. The quantitative estimate of drug-likeness (QED) is 0.920. The minimum atomic E-state index is -0.146. The first-order valence-electron chi connectivity index (χ1n) is 8.50. The van der Waals surface area contributed by atoms with Gasteiger partial charge in [-0.2, -0.15) is 0 Å². The zero-order chi connectivity index (χ0) is 16.3. The van der Waals surface area contributed by atoms with Gasteiger partial charge in [-0.1, -0.05) is 0 Å². The topological polar surface area (TPSA) is 67.4 Å². The van der Waals surface area contributed by atoms with E-state index in [0.29, 0.717) is 13.2 Å². The van der Waals surface area contributed by atoms with Crippen LogP contribution in [0.2, 0.25) is 0 Å². The number of ether oxygens (including phenoxy) is 1. The number of hydrogen-bond donors (Lipinski definition) is 1. The summed E-state index contributed by atoms with van der Waals surface area (Å²) < 4.78 is 5.72. The number of piperidine rings is 1. The number of nitrogens with one attached hydrogen (secondary N) is 1. The number of aromatic nitrogens is 2. The van der Waals surface area contributed by atoms with E-state index in [2.05, 4.69) is 34.0 Å². The van der Waals surface area contributed by atoms with E-state index >= 15 is 0 Å². The Kier molecular flexibility index (Phi) is 4.80. The van der Waals surface area contributed by atoms with Crippen molar-refractivity contribution in [1.29, 1.82) is 0 Å². The minimum Gasteiger partial charge on any atom is -0.375 e. The van der Waals surface area contributed by atoms with Crippen LogP contribution in [-0.2, 0) is 9.53 Å². The smallest absolute Gasteiger partial charge is 0.225 e. The zero-order valence-electron chi connectivity index (χ0n) is 14.0. The Labute approximate surface area is 137 Å². The summed E-state index contributed by atoms with van der Waals surface area (Å²) in [7, 11) is 0. The molecular formula is C17H26N4O2. The van der Waals surface area contributed by atoms with Crippen LogP contribution in [0.1, 0.15) is 39.5 Å². The van der Waals surface area contributed by atoms with E-state index in [9.17, 15) is 4.79 Å². The van der Waals surface area contributed by atoms with Gasteiger partial charge in [0, 0.05) is 38.1 Å². The van der Waals surface area contributed by atoms with Crippen LogP contribution in [0.3, 0.4) is 0 Å². The van der Waals surface area contributed by atoms with Crippen LogP contribution in [0.5, 0.6) is 0 Å². The lowest BCUT2D eigenvalue weighted by molar-refractivity contribution is -0.128. The number of amides is 1. The predicted molar refractivity (Wildman–Crippen MR) is 88.2 cm³/mol. The van der Waals surface area contributed by atoms with E-state index < -0.39 is 0 Å². The first kappa shape index (κ1) is 16.2.